The van der Waals surface area contributed by atoms with Gasteiger partial charge in [-0.05, 0) is 24.6 Å². The van der Waals surface area contributed by atoms with Crippen LogP contribution in [0.1, 0.15) is 18.2 Å². The minimum absolute atomic E-state index is 0.112. The number of halogens is 1. The number of ether oxygens (including phenoxy) is 2. The van der Waals surface area contributed by atoms with Crippen molar-refractivity contribution in [2.24, 2.45) is 13.0 Å². The van der Waals surface area contributed by atoms with Crippen LogP contribution in [0.25, 0.3) is 0 Å². The van der Waals surface area contributed by atoms with Crippen LogP contribution in [-0.4, -0.2) is 41.1 Å². The van der Waals surface area contributed by atoms with E-state index in [1.807, 2.05) is 24.0 Å². The molecule has 0 spiro atoms. The number of aryl methyl sites for hydroxylation is 1. The Balaban J connectivity index is 1.42. The van der Waals surface area contributed by atoms with E-state index in [9.17, 15) is 0 Å². The molecule has 1 aliphatic rings. The molecule has 1 aliphatic heterocycles. The standard InChI is InChI=1S/C16H21ClN4O2/c1-21-14(4-7-20-21)15-12(5-9-22-15)11-18-8-10-23-16-13(17)3-2-6-19-16/h2-4,6-7,12,15,18H,5,8-11H2,1H3/t12-,15+/m0/s1. The average Bonchev–Trinajstić information content (AvgIpc) is 3.17. The summed E-state index contributed by atoms with van der Waals surface area (Å²) < 4.78 is 13.3. The van der Waals surface area contributed by atoms with Crippen molar-refractivity contribution >= 4 is 11.6 Å². The largest absolute Gasteiger partial charge is 0.475 e. The van der Waals surface area contributed by atoms with E-state index in [4.69, 9.17) is 21.1 Å². The average molecular weight is 337 g/mol. The smallest absolute Gasteiger partial charge is 0.232 e. The van der Waals surface area contributed by atoms with Crippen molar-refractivity contribution < 1.29 is 9.47 Å². The van der Waals surface area contributed by atoms with Gasteiger partial charge in [0.05, 0.1) is 5.69 Å². The van der Waals surface area contributed by atoms with Gasteiger partial charge in [-0.3, -0.25) is 4.68 Å². The summed E-state index contributed by atoms with van der Waals surface area (Å²) in [6.07, 6.45) is 4.64. The van der Waals surface area contributed by atoms with Gasteiger partial charge in [0.2, 0.25) is 5.88 Å². The molecule has 3 rings (SSSR count). The summed E-state index contributed by atoms with van der Waals surface area (Å²) in [5.74, 6) is 0.928. The van der Waals surface area contributed by atoms with Crippen molar-refractivity contribution in [1.29, 1.82) is 0 Å². The van der Waals surface area contributed by atoms with Gasteiger partial charge in [0.15, 0.2) is 0 Å². The quantitative estimate of drug-likeness (QED) is 0.785. The maximum Gasteiger partial charge on any atom is 0.232 e. The minimum Gasteiger partial charge on any atom is -0.475 e. The van der Waals surface area contributed by atoms with Gasteiger partial charge in [-0.1, -0.05) is 11.6 Å². The van der Waals surface area contributed by atoms with Gasteiger partial charge in [-0.25, -0.2) is 4.98 Å². The van der Waals surface area contributed by atoms with E-state index in [0.29, 0.717) is 23.4 Å². The zero-order chi connectivity index (χ0) is 16.1. The maximum atomic E-state index is 6.00. The molecule has 0 amide bonds. The molecule has 1 fully saturated rings. The maximum absolute atomic E-state index is 6.00. The van der Waals surface area contributed by atoms with Crippen LogP contribution in [0.4, 0.5) is 0 Å². The predicted octanol–water partition coefficient (Wildman–Crippen LogP) is 2.21. The highest BCUT2D eigenvalue weighted by molar-refractivity contribution is 6.31. The molecule has 23 heavy (non-hydrogen) atoms. The monoisotopic (exact) mass is 336 g/mol. The van der Waals surface area contributed by atoms with E-state index in [1.165, 1.54) is 0 Å². The van der Waals surface area contributed by atoms with Crippen LogP contribution in [0, 0.1) is 5.92 Å². The summed E-state index contributed by atoms with van der Waals surface area (Å²) in [5.41, 5.74) is 1.13. The SMILES string of the molecule is Cn1nccc1[C@@H]1OCC[C@H]1CNCCOc1ncccc1Cl. The number of hydrogen-bond donors (Lipinski definition) is 1. The Kier molecular flexibility index (Phi) is 5.48. The molecule has 0 aliphatic carbocycles. The molecule has 2 aromatic heterocycles. The first-order valence-corrected chi connectivity index (χ1v) is 8.17. The lowest BCUT2D eigenvalue weighted by molar-refractivity contribution is 0.0836. The molecule has 1 saturated heterocycles. The van der Waals surface area contributed by atoms with Crippen LogP contribution in [0.15, 0.2) is 30.6 Å². The van der Waals surface area contributed by atoms with E-state index in [-0.39, 0.29) is 6.10 Å². The lowest BCUT2D eigenvalue weighted by atomic mass is 9.99. The van der Waals surface area contributed by atoms with E-state index < -0.39 is 0 Å². The minimum atomic E-state index is 0.112. The second kappa shape index (κ2) is 7.77. The number of nitrogens with zero attached hydrogens (tertiary/aromatic N) is 3. The molecule has 7 heteroatoms. The fourth-order valence-corrected chi connectivity index (χ4v) is 2.99. The zero-order valence-electron chi connectivity index (χ0n) is 13.1. The molecule has 0 bridgehead atoms. The lowest BCUT2D eigenvalue weighted by Crippen LogP contribution is -2.29. The zero-order valence-corrected chi connectivity index (χ0v) is 13.9. The summed E-state index contributed by atoms with van der Waals surface area (Å²) in [6.45, 7) is 2.94. The fourth-order valence-electron chi connectivity index (χ4n) is 2.82. The van der Waals surface area contributed by atoms with Crippen LogP contribution < -0.4 is 10.1 Å². The second-order valence-corrected chi connectivity index (χ2v) is 5.97. The van der Waals surface area contributed by atoms with Crippen LogP contribution in [0.3, 0.4) is 0 Å². The Bertz CT molecular complexity index is 634. The first-order chi connectivity index (χ1) is 11.3. The molecule has 124 valence electrons. The summed E-state index contributed by atoms with van der Waals surface area (Å²) in [4.78, 5) is 4.10. The Hall–Kier alpha value is -1.63. The first kappa shape index (κ1) is 16.2. The molecular formula is C16H21ClN4O2. The van der Waals surface area contributed by atoms with Crippen molar-refractivity contribution in [2.75, 3.05) is 26.3 Å². The summed E-state index contributed by atoms with van der Waals surface area (Å²) in [7, 11) is 1.95. The number of hydrogen-bond acceptors (Lipinski definition) is 5. The lowest BCUT2D eigenvalue weighted by Gasteiger charge is -2.19. The van der Waals surface area contributed by atoms with Crippen LogP contribution in [0.5, 0.6) is 5.88 Å². The highest BCUT2D eigenvalue weighted by Crippen LogP contribution is 2.33. The Morgan fingerprint density at radius 3 is 3.13 bits per heavy atom. The highest BCUT2D eigenvalue weighted by Gasteiger charge is 2.31. The van der Waals surface area contributed by atoms with Gasteiger partial charge < -0.3 is 14.8 Å². The van der Waals surface area contributed by atoms with Crippen molar-refractivity contribution in [3.05, 3.63) is 41.3 Å². The molecule has 0 radical (unpaired) electrons. The van der Waals surface area contributed by atoms with Crippen LogP contribution >= 0.6 is 11.6 Å². The molecule has 3 heterocycles. The molecule has 0 saturated carbocycles. The predicted molar refractivity (Wildman–Crippen MR) is 87.6 cm³/mol. The van der Waals surface area contributed by atoms with Gasteiger partial charge >= 0.3 is 0 Å². The molecule has 2 atom stereocenters. The van der Waals surface area contributed by atoms with Crippen molar-refractivity contribution in [1.82, 2.24) is 20.1 Å². The van der Waals surface area contributed by atoms with Crippen LogP contribution in [-0.2, 0) is 11.8 Å². The Labute approximate surface area is 140 Å². The topological polar surface area (TPSA) is 61.2 Å². The normalized spacial score (nSPS) is 20.8. The van der Waals surface area contributed by atoms with E-state index in [0.717, 1.165) is 31.8 Å². The van der Waals surface area contributed by atoms with Crippen LogP contribution in [0.2, 0.25) is 5.02 Å². The fraction of sp³-hybridized carbons (Fsp3) is 0.500. The van der Waals surface area contributed by atoms with E-state index >= 15 is 0 Å². The Morgan fingerprint density at radius 2 is 2.35 bits per heavy atom. The van der Waals surface area contributed by atoms with Gasteiger partial charge in [-0.15, -0.1) is 0 Å². The van der Waals surface area contributed by atoms with Gasteiger partial charge in [-0.2, -0.15) is 5.10 Å². The van der Waals surface area contributed by atoms with Gasteiger partial charge in [0, 0.05) is 45.1 Å². The number of nitrogens with one attached hydrogen (secondary N) is 1. The van der Waals surface area contributed by atoms with Gasteiger partial charge in [0.25, 0.3) is 0 Å². The third-order valence-electron chi connectivity index (χ3n) is 4.01. The number of aromatic nitrogens is 3. The molecule has 0 unspecified atom stereocenters. The molecule has 2 aromatic rings. The summed E-state index contributed by atoms with van der Waals surface area (Å²) in [5, 5.41) is 8.18. The molecule has 6 nitrogen and oxygen atoms in total. The number of pyridine rings is 1. The molecule has 0 aromatic carbocycles. The van der Waals surface area contributed by atoms with Crippen molar-refractivity contribution in [2.45, 2.75) is 12.5 Å². The first-order valence-electron chi connectivity index (χ1n) is 7.79. The third kappa shape index (κ3) is 4.02. The van der Waals surface area contributed by atoms with Crippen molar-refractivity contribution in [3.8, 4) is 5.88 Å². The highest BCUT2D eigenvalue weighted by atomic mass is 35.5. The Morgan fingerprint density at radius 1 is 1.43 bits per heavy atom. The summed E-state index contributed by atoms with van der Waals surface area (Å²) in [6, 6.07) is 5.58. The second-order valence-electron chi connectivity index (χ2n) is 5.56. The summed E-state index contributed by atoms with van der Waals surface area (Å²) >= 11 is 6.00. The number of rotatable bonds is 7. The third-order valence-corrected chi connectivity index (χ3v) is 4.30. The molecule has 1 N–H and O–H groups in total. The molecular weight excluding hydrogens is 316 g/mol. The van der Waals surface area contributed by atoms with E-state index in [1.54, 1.807) is 18.3 Å². The van der Waals surface area contributed by atoms with E-state index in [2.05, 4.69) is 15.4 Å². The van der Waals surface area contributed by atoms with Crippen molar-refractivity contribution in [3.63, 3.8) is 0 Å². The van der Waals surface area contributed by atoms with Gasteiger partial charge in [0.1, 0.15) is 17.7 Å².